The normalized spacial score (nSPS) is 10.2. The minimum atomic E-state index is -0.198. The van der Waals surface area contributed by atoms with Gasteiger partial charge in [-0.15, -0.1) is 0 Å². The highest BCUT2D eigenvalue weighted by atomic mass is 16.2. The van der Waals surface area contributed by atoms with Crippen molar-refractivity contribution in [1.82, 2.24) is 15.6 Å². The number of pyridine rings is 1. The Hall–Kier alpha value is -1.84. The highest BCUT2D eigenvalue weighted by Gasteiger charge is 1.96. The average molecular weight is 205 g/mol. The first-order valence-corrected chi connectivity index (χ1v) is 4.91. The van der Waals surface area contributed by atoms with Crippen LogP contribution in [0.4, 0.5) is 4.79 Å². The number of allylic oxidation sites excluding steroid dienone is 1. The number of urea groups is 1. The van der Waals surface area contributed by atoms with Crippen molar-refractivity contribution in [3.8, 4) is 0 Å². The van der Waals surface area contributed by atoms with E-state index in [1.807, 2.05) is 25.1 Å². The van der Waals surface area contributed by atoms with E-state index in [2.05, 4.69) is 15.6 Å². The van der Waals surface area contributed by atoms with Gasteiger partial charge in [0.2, 0.25) is 0 Å². The summed E-state index contributed by atoms with van der Waals surface area (Å²) >= 11 is 0. The zero-order valence-electron chi connectivity index (χ0n) is 8.73. The van der Waals surface area contributed by atoms with Crippen molar-refractivity contribution in [3.05, 3.63) is 42.4 Å². The Morgan fingerprint density at radius 1 is 1.47 bits per heavy atom. The van der Waals surface area contributed by atoms with Crippen LogP contribution in [-0.2, 0) is 6.54 Å². The minimum absolute atomic E-state index is 0.198. The van der Waals surface area contributed by atoms with Crippen LogP contribution >= 0.6 is 0 Å². The Bertz CT molecular complexity index is 322. The summed E-state index contributed by atoms with van der Waals surface area (Å²) in [6, 6.07) is 3.53. The van der Waals surface area contributed by atoms with E-state index in [0.29, 0.717) is 6.54 Å². The molecule has 0 spiro atoms. The van der Waals surface area contributed by atoms with Gasteiger partial charge in [-0.05, 0) is 24.1 Å². The highest BCUT2D eigenvalue weighted by Crippen LogP contribution is 1.94. The molecule has 80 valence electrons. The van der Waals surface area contributed by atoms with E-state index >= 15 is 0 Å². The van der Waals surface area contributed by atoms with Crippen LogP contribution in [0, 0.1) is 0 Å². The average Bonchev–Trinajstić information content (AvgIpc) is 2.28. The Kier molecular flexibility index (Phi) is 4.94. The summed E-state index contributed by atoms with van der Waals surface area (Å²) in [5.41, 5.74) is 1.03. The Labute approximate surface area is 89.4 Å². The molecule has 0 aliphatic heterocycles. The Morgan fingerprint density at radius 2 is 2.20 bits per heavy atom. The minimum Gasteiger partial charge on any atom is -0.334 e. The fourth-order valence-corrected chi connectivity index (χ4v) is 0.986. The van der Waals surface area contributed by atoms with Crippen molar-refractivity contribution < 1.29 is 4.79 Å². The maximum atomic E-state index is 11.2. The van der Waals surface area contributed by atoms with Gasteiger partial charge in [-0.1, -0.05) is 13.0 Å². The lowest BCUT2D eigenvalue weighted by molar-refractivity contribution is 0.243. The number of carbonyl (C=O) groups is 1. The second-order valence-corrected chi connectivity index (χ2v) is 2.99. The van der Waals surface area contributed by atoms with Crippen molar-refractivity contribution in [1.29, 1.82) is 0 Å². The first-order chi connectivity index (χ1) is 7.33. The number of rotatable bonds is 4. The summed E-state index contributed by atoms with van der Waals surface area (Å²) in [7, 11) is 0. The maximum Gasteiger partial charge on any atom is 0.319 e. The molecule has 1 rings (SSSR count). The van der Waals surface area contributed by atoms with Crippen LogP contribution in [0.15, 0.2) is 36.8 Å². The molecular weight excluding hydrogens is 190 g/mol. The summed E-state index contributed by atoms with van der Waals surface area (Å²) in [4.78, 5) is 15.1. The standard InChI is InChI=1S/C11H15N3O/c1-2-3-6-13-11(15)14-9-10-4-7-12-8-5-10/h3-8H,2,9H2,1H3,(H2,13,14,15)/b6-3+. The molecule has 0 aliphatic carbocycles. The molecule has 1 aromatic rings. The molecule has 0 fully saturated rings. The van der Waals surface area contributed by atoms with Gasteiger partial charge < -0.3 is 10.6 Å². The van der Waals surface area contributed by atoms with Crippen molar-refractivity contribution >= 4 is 6.03 Å². The van der Waals surface area contributed by atoms with Crippen molar-refractivity contribution in [2.24, 2.45) is 0 Å². The van der Waals surface area contributed by atoms with Gasteiger partial charge in [0.25, 0.3) is 0 Å². The molecule has 0 radical (unpaired) electrons. The van der Waals surface area contributed by atoms with Gasteiger partial charge in [0, 0.05) is 25.1 Å². The van der Waals surface area contributed by atoms with E-state index in [1.165, 1.54) is 0 Å². The zero-order valence-corrected chi connectivity index (χ0v) is 8.73. The number of nitrogens with one attached hydrogen (secondary N) is 2. The maximum absolute atomic E-state index is 11.2. The van der Waals surface area contributed by atoms with Gasteiger partial charge in [-0.25, -0.2) is 4.79 Å². The third-order valence-electron chi connectivity index (χ3n) is 1.77. The molecule has 4 nitrogen and oxygen atoms in total. The van der Waals surface area contributed by atoms with Crippen LogP contribution in [0.25, 0.3) is 0 Å². The van der Waals surface area contributed by atoms with Gasteiger partial charge in [0.1, 0.15) is 0 Å². The molecule has 0 aliphatic rings. The monoisotopic (exact) mass is 205 g/mol. The lowest BCUT2D eigenvalue weighted by atomic mass is 10.3. The van der Waals surface area contributed by atoms with Gasteiger partial charge in [0.05, 0.1) is 0 Å². The largest absolute Gasteiger partial charge is 0.334 e. The third-order valence-corrected chi connectivity index (χ3v) is 1.77. The number of nitrogens with zero attached hydrogens (tertiary/aromatic N) is 1. The molecule has 0 aromatic carbocycles. The first kappa shape index (κ1) is 11.2. The molecular formula is C11H15N3O. The fourth-order valence-electron chi connectivity index (χ4n) is 0.986. The van der Waals surface area contributed by atoms with E-state index < -0.39 is 0 Å². The van der Waals surface area contributed by atoms with Crippen LogP contribution in [-0.4, -0.2) is 11.0 Å². The number of aromatic nitrogens is 1. The number of amides is 2. The second-order valence-electron chi connectivity index (χ2n) is 2.99. The van der Waals surface area contributed by atoms with E-state index in [4.69, 9.17) is 0 Å². The van der Waals surface area contributed by atoms with Gasteiger partial charge >= 0.3 is 6.03 Å². The molecule has 1 aromatic heterocycles. The SMILES string of the molecule is CC/C=C/NC(=O)NCc1ccncc1. The molecule has 0 unspecified atom stereocenters. The quantitative estimate of drug-likeness (QED) is 0.787. The highest BCUT2D eigenvalue weighted by molar-refractivity contribution is 5.74. The molecule has 0 saturated heterocycles. The summed E-state index contributed by atoms with van der Waals surface area (Å²) < 4.78 is 0. The van der Waals surface area contributed by atoms with E-state index in [1.54, 1.807) is 18.6 Å². The molecule has 2 N–H and O–H groups in total. The van der Waals surface area contributed by atoms with E-state index in [9.17, 15) is 4.79 Å². The van der Waals surface area contributed by atoms with Crippen LogP contribution in [0.2, 0.25) is 0 Å². The lowest BCUT2D eigenvalue weighted by Gasteiger charge is -2.03. The third kappa shape index (κ3) is 4.81. The van der Waals surface area contributed by atoms with Crippen LogP contribution in [0.1, 0.15) is 18.9 Å². The predicted molar refractivity (Wildman–Crippen MR) is 59.0 cm³/mol. The summed E-state index contributed by atoms with van der Waals surface area (Å²) in [5, 5.41) is 5.34. The van der Waals surface area contributed by atoms with Gasteiger partial charge in [-0.3, -0.25) is 4.98 Å². The number of hydrogen-bond acceptors (Lipinski definition) is 2. The molecule has 0 saturated carbocycles. The zero-order chi connectivity index (χ0) is 10.9. The fraction of sp³-hybridized carbons (Fsp3) is 0.273. The van der Waals surface area contributed by atoms with E-state index in [0.717, 1.165) is 12.0 Å². The van der Waals surface area contributed by atoms with Gasteiger partial charge in [-0.2, -0.15) is 0 Å². The molecule has 0 atom stereocenters. The predicted octanol–water partition coefficient (Wildman–Crippen LogP) is 1.80. The topological polar surface area (TPSA) is 54.0 Å². The van der Waals surface area contributed by atoms with Crippen LogP contribution in [0.3, 0.4) is 0 Å². The molecule has 2 amide bonds. The van der Waals surface area contributed by atoms with Gasteiger partial charge in [0.15, 0.2) is 0 Å². The van der Waals surface area contributed by atoms with E-state index in [-0.39, 0.29) is 6.03 Å². The lowest BCUT2D eigenvalue weighted by Crippen LogP contribution is -2.31. The molecule has 4 heteroatoms. The molecule has 1 heterocycles. The van der Waals surface area contributed by atoms with Crippen molar-refractivity contribution in [2.75, 3.05) is 0 Å². The van der Waals surface area contributed by atoms with Crippen LogP contribution in [0.5, 0.6) is 0 Å². The smallest absolute Gasteiger partial charge is 0.319 e. The van der Waals surface area contributed by atoms with Crippen LogP contribution < -0.4 is 10.6 Å². The van der Waals surface area contributed by atoms with Crippen molar-refractivity contribution in [2.45, 2.75) is 19.9 Å². The number of hydrogen-bond donors (Lipinski definition) is 2. The summed E-state index contributed by atoms with van der Waals surface area (Å²) in [5.74, 6) is 0. The molecule has 0 bridgehead atoms. The number of carbonyl (C=O) groups excluding carboxylic acids is 1. The Balaban J connectivity index is 2.26. The first-order valence-electron chi connectivity index (χ1n) is 4.91. The summed E-state index contributed by atoms with van der Waals surface area (Å²) in [6.07, 6.45) is 7.83. The summed E-state index contributed by atoms with van der Waals surface area (Å²) in [6.45, 7) is 2.52. The second kappa shape index (κ2) is 6.59. The Morgan fingerprint density at radius 3 is 2.87 bits per heavy atom. The van der Waals surface area contributed by atoms with Crippen molar-refractivity contribution in [3.63, 3.8) is 0 Å². The molecule has 15 heavy (non-hydrogen) atoms.